The zero-order valence-electron chi connectivity index (χ0n) is 29.6. The zero-order chi connectivity index (χ0) is 35.3. The second kappa shape index (κ2) is 11.2. The van der Waals surface area contributed by atoms with Crippen molar-refractivity contribution < 1.29 is 4.42 Å². The van der Waals surface area contributed by atoms with Crippen LogP contribution in [0.4, 0.5) is 17.1 Å². The molecule has 0 bridgehead atoms. The molecule has 9 aromatic carbocycles. The summed E-state index contributed by atoms with van der Waals surface area (Å²) < 4.78 is 6.56. The second-order valence-electron chi connectivity index (χ2n) is 14.9. The number of hydrogen-bond acceptors (Lipinski definition) is 2. The first-order chi connectivity index (χ1) is 26.0. The summed E-state index contributed by atoms with van der Waals surface area (Å²) in [4.78, 5) is 2.41. The average molecular weight is 678 g/mol. The van der Waals surface area contributed by atoms with Crippen LogP contribution in [-0.2, 0) is 5.41 Å². The topological polar surface area (TPSA) is 16.4 Å². The predicted octanol–water partition coefficient (Wildman–Crippen LogP) is 14.5. The van der Waals surface area contributed by atoms with Gasteiger partial charge in [-0.05, 0) is 109 Å². The fourth-order valence-electron chi connectivity index (χ4n) is 9.04. The summed E-state index contributed by atoms with van der Waals surface area (Å²) in [5.41, 5.74) is 12.8. The summed E-state index contributed by atoms with van der Waals surface area (Å²) in [7, 11) is 0. The van der Waals surface area contributed by atoms with E-state index in [1.54, 1.807) is 0 Å². The molecule has 0 fully saturated rings. The fourth-order valence-corrected chi connectivity index (χ4v) is 9.04. The van der Waals surface area contributed by atoms with Crippen molar-refractivity contribution in [2.75, 3.05) is 4.90 Å². The van der Waals surface area contributed by atoms with Crippen LogP contribution in [0.3, 0.4) is 0 Å². The minimum atomic E-state index is -0.115. The highest BCUT2D eigenvalue weighted by atomic mass is 16.3. The molecule has 2 heteroatoms. The van der Waals surface area contributed by atoms with E-state index < -0.39 is 0 Å². The van der Waals surface area contributed by atoms with Crippen molar-refractivity contribution in [3.8, 4) is 22.3 Å². The normalized spacial score (nSPS) is 13.2. The van der Waals surface area contributed by atoms with E-state index in [0.29, 0.717) is 0 Å². The van der Waals surface area contributed by atoms with E-state index in [-0.39, 0.29) is 5.41 Å². The van der Waals surface area contributed by atoms with Gasteiger partial charge in [-0.2, -0.15) is 0 Å². The van der Waals surface area contributed by atoms with Gasteiger partial charge in [0, 0.05) is 38.6 Å². The molecule has 0 saturated carbocycles. The van der Waals surface area contributed by atoms with E-state index in [0.717, 1.165) is 39.0 Å². The first-order valence-corrected chi connectivity index (χ1v) is 18.4. The molecular formula is C51H35NO. The van der Waals surface area contributed by atoms with Crippen molar-refractivity contribution in [1.29, 1.82) is 0 Å². The zero-order valence-corrected chi connectivity index (χ0v) is 29.6. The maximum atomic E-state index is 6.56. The molecule has 1 aliphatic carbocycles. The first kappa shape index (κ1) is 30.0. The van der Waals surface area contributed by atoms with Gasteiger partial charge in [-0.15, -0.1) is 0 Å². The lowest BCUT2D eigenvalue weighted by Gasteiger charge is -2.28. The first-order valence-electron chi connectivity index (χ1n) is 18.4. The van der Waals surface area contributed by atoms with E-state index in [4.69, 9.17) is 4.42 Å². The molecule has 1 heterocycles. The van der Waals surface area contributed by atoms with Gasteiger partial charge in [0.15, 0.2) is 0 Å². The lowest BCUT2D eigenvalue weighted by Crippen LogP contribution is -2.16. The maximum Gasteiger partial charge on any atom is 0.136 e. The highest BCUT2D eigenvalue weighted by molar-refractivity contribution is 6.27. The third kappa shape index (κ3) is 4.45. The van der Waals surface area contributed by atoms with Crippen molar-refractivity contribution in [2.24, 2.45) is 0 Å². The number of hydrogen-bond donors (Lipinski definition) is 0. The van der Waals surface area contributed by atoms with Crippen molar-refractivity contribution in [2.45, 2.75) is 19.3 Å². The Morgan fingerprint density at radius 1 is 0.396 bits per heavy atom. The highest BCUT2D eigenvalue weighted by Gasteiger charge is 2.35. The summed E-state index contributed by atoms with van der Waals surface area (Å²) in [6.07, 6.45) is 0. The van der Waals surface area contributed by atoms with Gasteiger partial charge < -0.3 is 9.32 Å². The number of rotatable bonds is 4. The molecule has 2 nitrogen and oxygen atoms in total. The molecule has 53 heavy (non-hydrogen) atoms. The predicted molar refractivity (Wildman–Crippen MR) is 224 cm³/mol. The monoisotopic (exact) mass is 677 g/mol. The smallest absolute Gasteiger partial charge is 0.136 e. The van der Waals surface area contributed by atoms with Crippen LogP contribution in [0.5, 0.6) is 0 Å². The molecule has 1 aromatic heterocycles. The Hall–Kier alpha value is -6.64. The van der Waals surface area contributed by atoms with Crippen LogP contribution in [-0.4, -0.2) is 0 Å². The van der Waals surface area contributed by atoms with Crippen LogP contribution in [0.2, 0.25) is 0 Å². The largest absolute Gasteiger partial charge is 0.456 e. The highest BCUT2D eigenvalue weighted by Crippen LogP contribution is 2.51. The Morgan fingerprint density at radius 2 is 1.00 bits per heavy atom. The van der Waals surface area contributed by atoms with E-state index in [2.05, 4.69) is 195 Å². The third-order valence-corrected chi connectivity index (χ3v) is 11.6. The Kier molecular flexibility index (Phi) is 6.33. The molecule has 0 unspecified atom stereocenters. The van der Waals surface area contributed by atoms with E-state index >= 15 is 0 Å². The maximum absolute atomic E-state index is 6.56. The molecule has 0 radical (unpaired) electrons. The molecule has 0 amide bonds. The van der Waals surface area contributed by atoms with Crippen molar-refractivity contribution >= 4 is 71.3 Å². The van der Waals surface area contributed by atoms with Gasteiger partial charge in [-0.1, -0.05) is 141 Å². The number of anilines is 3. The van der Waals surface area contributed by atoms with Crippen LogP contribution in [0.1, 0.15) is 25.0 Å². The number of benzene rings is 9. The van der Waals surface area contributed by atoms with E-state index in [9.17, 15) is 0 Å². The molecule has 11 rings (SSSR count). The molecule has 0 atom stereocenters. The van der Waals surface area contributed by atoms with Gasteiger partial charge >= 0.3 is 0 Å². The third-order valence-electron chi connectivity index (χ3n) is 11.6. The lowest BCUT2D eigenvalue weighted by atomic mass is 9.82. The summed E-state index contributed by atoms with van der Waals surface area (Å²) in [5.74, 6) is 0. The van der Waals surface area contributed by atoms with Crippen molar-refractivity contribution in [3.63, 3.8) is 0 Å². The molecule has 0 aliphatic heterocycles. The second-order valence-corrected chi connectivity index (χ2v) is 14.9. The molecule has 0 spiro atoms. The Balaban J connectivity index is 1.13. The van der Waals surface area contributed by atoms with Crippen molar-refractivity contribution in [1.82, 2.24) is 0 Å². The Labute approximate surface area is 308 Å². The van der Waals surface area contributed by atoms with Gasteiger partial charge in [-0.3, -0.25) is 0 Å². The Bertz CT molecular complexity index is 3090. The molecule has 250 valence electrons. The van der Waals surface area contributed by atoms with Gasteiger partial charge in [0.2, 0.25) is 0 Å². The number of nitrogens with zero attached hydrogens (tertiary/aromatic N) is 1. The van der Waals surface area contributed by atoms with E-state index in [1.807, 2.05) is 0 Å². The summed E-state index contributed by atoms with van der Waals surface area (Å²) >= 11 is 0. The standard InChI is InChI=1S/C51H35NO/c1-51(2)45-17-8-7-15-42(45)43-27-25-38(31-46(43)51)52(36-23-20-34(21-24-36)40-16-9-12-32-10-3-5-13-39(32)40)37-26-29-47-44(30-37)50-48(53-47)28-22-35-19-18-33-11-4-6-14-41(33)49(35)50/h3-31H,1-2H3. The average Bonchev–Trinajstić information content (AvgIpc) is 3.69. The SMILES string of the molecule is CC1(C)c2ccccc2-c2ccc(N(c3ccc(-c4cccc5ccccc45)cc3)c3ccc4oc5ccc6ccc7ccccc7c6c5c4c3)cc21. The fraction of sp³-hybridized carbons (Fsp3) is 0.0588. The lowest BCUT2D eigenvalue weighted by molar-refractivity contribution is 0.660. The summed E-state index contributed by atoms with van der Waals surface area (Å²) in [5, 5.41) is 9.71. The van der Waals surface area contributed by atoms with Crippen LogP contribution >= 0.6 is 0 Å². The number of fused-ring (bicyclic) bond motifs is 11. The minimum absolute atomic E-state index is 0.115. The molecule has 0 saturated heterocycles. The molecule has 1 aliphatic rings. The van der Waals surface area contributed by atoms with Gasteiger partial charge in [-0.25, -0.2) is 0 Å². The van der Waals surface area contributed by atoms with Gasteiger partial charge in [0.1, 0.15) is 11.2 Å². The molecule has 10 aromatic rings. The molecule has 0 N–H and O–H groups in total. The Morgan fingerprint density at radius 3 is 1.87 bits per heavy atom. The summed E-state index contributed by atoms with van der Waals surface area (Å²) in [6.45, 7) is 4.70. The van der Waals surface area contributed by atoms with Crippen molar-refractivity contribution in [3.05, 3.63) is 187 Å². The number of furan rings is 1. The van der Waals surface area contributed by atoms with E-state index in [1.165, 1.54) is 65.7 Å². The quantitative estimate of drug-likeness (QED) is 0.172. The van der Waals surface area contributed by atoms with Gasteiger partial charge in [0.05, 0.1) is 0 Å². The van der Waals surface area contributed by atoms with Crippen LogP contribution in [0.15, 0.2) is 180 Å². The molecular weight excluding hydrogens is 643 g/mol. The van der Waals surface area contributed by atoms with Crippen LogP contribution < -0.4 is 4.90 Å². The van der Waals surface area contributed by atoms with Gasteiger partial charge in [0.25, 0.3) is 0 Å². The van der Waals surface area contributed by atoms with Crippen LogP contribution in [0.25, 0.3) is 76.5 Å². The minimum Gasteiger partial charge on any atom is -0.456 e. The van der Waals surface area contributed by atoms with Crippen LogP contribution in [0, 0.1) is 0 Å². The summed E-state index contributed by atoms with van der Waals surface area (Å²) in [6, 6.07) is 64.2.